The lowest BCUT2D eigenvalue weighted by Crippen LogP contribution is -2.06. The van der Waals surface area contributed by atoms with Crippen LogP contribution in [0, 0.1) is 0 Å². The molecule has 0 aliphatic carbocycles. The summed E-state index contributed by atoms with van der Waals surface area (Å²) in [5, 5.41) is 9.92. The number of phenols is 1. The molecule has 25 heavy (non-hydrogen) atoms. The Kier molecular flexibility index (Phi) is 11.7. The molecule has 5 nitrogen and oxygen atoms in total. The predicted molar refractivity (Wildman–Crippen MR) is 101 cm³/mol. The molecule has 0 spiro atoms. The van der Waals surface area contributed by atoms with Gasteiger partial charge in [0.15, 0.2) is 5.75 Å². The quantitative estimate of drug-likeness (QED) is 0.257. The van der Waals surface area contributed by atoms with Crippen molar-refractivity contribution in [3.05, 3.63) is 45.2 Å². The van der Waals surface area contributed by atoms with E-state index in [9.17, 15) is 5.11 Å². The molecule has 0 atom stereocenters. The molecule has 140 valence electrons. The van der Waals surface area contributed by atoms with Gasteiger partial charge < -0.3 is 14.6 Å². The molecule has 0 aliphatic rings. The summed E-state index contributed by atoms with van der Waals surface area (Å²) in [7, 11) is 0. The molecule has 0 saturated heterocycles. The summed E-state index contributed by atoms with van der Waals surface area (Å²) in [5.41, 5.74) is 2.55. The summed E-state index contributed by atoms with van der Waals surface area (Å²) >= 11 is 22.8. The van der Waals surface area contributed by atoms with Crippen LogP contribution in [0.15, 0.2) is 35.2 Å². The minimum absolute atomic E-state index is 0.00625. The van der Waals surface area contributed by atoms with Crippen molar-refractivity contribution in [3.63, 3.8) is 0 Å². The van der Waals surface area contributed by atoms with Gasteiger partial charge in [-0.3, -0.25) is 10.3 Å². The van der Waals surface area contributed by atoms with E-state index in [4.69, 9.17) is 60.7 Å². The zero-order valence-electron chi connectivity index (χ0n) is 13.3. The highest BCUT2D eigenvalue weighted by atomic mass is 35.5. The van der Waals surface area contributed by atoms with Crippen molar-refractivity contribution < 1.29 is 19.4 Å². The van der Waals surface area contributed by atoms with Crippen molar-refractivity contribution in [2.24, 2.45) is 0 Å². The molecule has 0 aromatic heterocycles. The van der Waals surface area contributed by atoms with E-state index in [-0.39, 0.29) is 26.9 Å². The molecule has 0 bridgehead atoms. The number of hydrogen-bond donors (Lipinski definition) is 2. The lowest BCUT2D eigenvalue weighted by atomic mass is 10.2. The zero-order valence-corrected chi connectivity index (χ0v) is 16.3. The third-order valence-corrected chi connectivity index (χ3v) is 3.64. The molecule has 1 rings (SSSR count). The van der Waals surface area contributed by atoms with E-state index in [2.05, 4.69) is 5.48 Å². The Bertz CT molecular complexity index is 554. The second kappa shape index (κ2) is 13.3. The molecule has 0 radical (unpaired) electrons. The van der Waals surface area contributed by atoms with Crippen LogP contribution in [0.25, 0.3) is 0 Å². The van der Waals surface area contributed by atoms with Crippen LogP contribution in [0.1, 0.15) is 19.3 Å². The molecular weight excluding hydrogens is 412 g/mol. The van der Waals surface area contributed by atoms with Crippen LogP contribution in [0.2, 0.25) is 10.0 Å². The third kappa shape index (κ3) is 10.6. The predicted octanol–water partition coefficient (Wildman–Crippen LogP) is 5.58. The average Bonchev–Trinajstić information content (AvgIpc) is 2.53. The van der Waals surface area contributed by atoms with E-state index < -0.39 is 0 Å². The fourth-order valence-corrected chi connectivity index (χ4v) is 2.38. The van der Waals surface area contributed by atoms with Gasteiger partial charge in [0.25, 0.3) is 0 Å². The number of ether oxygens (including phenoxy) is 2. The second-order valence-corrected chi connectivity index (χ2v) is 6.57. The van der Waals surface area contributed by atoms with Crippen LogP contribution in [0.5, 0.6) is 11.5 Å². The van der Waals surface area contributed by atoms with Crippen LogP contribution >= 0.6 is 46.4 Å². The largest absolute Gasteiger partial charge is 0.508 e. The SMILES string of the molecule is Oc1cc(Cl)c(OCCCCCOC=CNOCC=C(Cl)Cl)c(Cl)c1. The first-order chi connectivity index (χ1) is 12.0. The summed E-state index contributed by atoms with van der Waals surface area (Å²) in [5.74, 6) is 0.392. The Morgan fingerprint density at radius 2 is 1.76 bits per heavy atom. The highest BCUT2D eigenvalue weighted by Gasteiger charge is 2.09. The van der Waals surface area contributed by atoms with E-state index in [1.807, 2.05) is 0 Å². The number of rotatable bonds is 12. The lowest BCUT2D eigenvalue weighted by molar-refractivity contribution is 0.0920. The van der Waals surface area contributed by atoms with E-state index in [0.717, 1.165) is 19.3 Å². The van der Waals surface area contributed by atoms with Crippen molar-refractivity contribution in [2.45, 2.75) is 19.3 Å². The third-order valence-electron chi connectivity index (χ3n) is 2.77. The number of aromatic hydroxyl groups is 1. The van der Waals surface area contributed by atoms with Gasteiger partial charge in [-0.1, -0.05) is 46.4 Å². The number of benzene rings is 1. The van der Waals surface area contributed by atoms with Gasteiger partial charge in [-0.05, 0) is 25.3 Å². The maximum Gasteiger partial charge on any atom is 0.156 e. The summed E-state index contributed by atoms with van der Waals surface area (Å²) in [6, 6.07) is 2.78. The van der Waals surface area contributed by atoms with Gasteiger partial charge >= 0.3 is 0 Å². The van der Waals surface area contributed by atoms with Crippen molar-refractivity contribution in [3.8, 4) is 11.5 Å². The number of hydrogen-bond acceptors (Lipinski definition) is 5. The van der Waals surface area contributed by atoms with Gasteiger partial charge in [0.1, 0.15) is 16.5 Å². The van der Waals surface area contributed by atoms with E-state index in [1.165, 1.54) is 30.7 Å². The summed E-state index contributed by atoms with van der Waals surface area (Å²) in [6.07, 6.45) is 7.14. The number of phenolic OH excluding ortho intramolecular Hbond substituents is 1. The number of halogens is 4. The Labute approximate surface area is 167 Å². The minimum atomic E-state index is 0.00625. The first kappa shape index (κ1) is 22.1. The molecule has 9 heteroatoms. The maximum atomic E-state index is 9.34. The molecule has 0 fully saturated rings. The normalized spacial score (nSPS) is 10.7. The number of hydroxylamine groups is 1. The number of unbranched alkanes of at least 4 members (excludes halogenated alkanes) is 2. The van der Waals surface area contributed by atoms with Crippen LogP contribution in [0.4, 0.5) is 0 Å². The molecule has 0 unspecified atom stereocenters. The monoisotopic (exact) mass is 429 g/mol. The van der Waals surface area contributed by atoms with Crippen molar-refractivity contribution in [1.82, 2.24) is 5.48 Å². The summed E-state index contributed by atoms with van der Waals surface area (Å²) in [4.78, 5) is 4.96. The average molecular weight is 431 g/mol. The van der Waals surface area contributed by atoms with Gasteiger partial charge in [-0.2, -0.15) is 0 Å². The van der Waals surface area contributed by atoms with Crippen LogP contribution in [0.3, 0.4) is 0 Å². The second-order valence-electron chi connectivity index (χ2n) is 4.74. The Morgan fingerprint density at radius 1 is 1.08 bits per heavy atom. The molecule has 2 N–H and O–H groups in total. The molecule has 0 aliphatic heterocycles. The first-order valence-electron chi connectivity index (χ1n) is 7.46. The van der Waals surface area contributed by atoms with Crippen LogP contribution in [-0.4, -0.2) is 24.9 Å². The highest BCUT2D eigenvalue weighted by molar-refractivity contribution is 6.55. The van der Waals surface area contributed by atoms with Gasteiger partial charge in [0.05, 0.1) is 36.1 Å². The molecule has 1 aromatic carbocycles. The van der Waals surface area contributed by atoms with E-state index in [1.54, 1.807) is 0 Å². The molecular formula is C16H19Cl4NO4. The Balaban J connectivity index is 2.01. The molecule has 0 amide bonds. The van der Waals surface area contributed by atoms with Gasteiger partial charge in [-0.25, -0.2) is 0 Å². The van der Waals surface area contributed by atoms with Crippen LogP contribution < -0.4 is 10.2 Å². The fraction of sp³-hybridized carbons (Fsp3) is 0.375. The topological polar surface area (TPSA) is 60.0 Å². The highest BCUT2D eigenvalue weighted by Crippen LogP contribution is 2.36. The molecule has 0 heterocycles. The minimum Gasteiger partial charge on any atom is -0.508 e. The Morgan fingerprint density at radius 3 is 2.44 bits per heavy atom. The zero-order chi connectivity index (χ0) is 18.5. The van der Waals surface area contributed by atoms with Crippen molar-refractivity contribution in [1.29, 1.82) is 0 Å². The molecule has 1 aromatic rings. The van der Waals surface area contributed by atoms with Gasteiger partial charge in [0.2, 0.25) is 0 Å². The van der Waals surface area contributed by atoms with Crippen molar-refractivity contribution >= 4 is 46.4 Å². The fourth-order valence-electron chi connectivity index (χ4n) is 1.67. The van der Waals surface area contributed by atoms with Gasteiger partial charge in [0, 0.05) is 12.1 Å². The van der Waals surface area contributed by atoms with Crippen LogP contribution in [-0.2, 0) is 9.57 Å². The standard InChI is InChI=1S/C16H19Cl4NO4/c17-13-10-12(22)11-14(18)16(13)24-7-3-1-2-6-23-9-5-21-25-8-4-15(19)20/h4-5,9-11,21-22H,1-3,6-8H2. The molecule has 0 saturated carbocycles. The number of nitrogens with one attached hydrogen (secondary N) is 1. The van der Waals surface area contributed by atoms with Crippen molar-refractivity contribution in [2.75, 3.05) is 19.8 Å². The summed E-state index contributed by atoms with van der Waals surface area (Å²) < 4.78 is 11.0. The van der Waals surface area contributed by atoms with E-state index >= 15 is 0 Å². The summed E-state index contributed by atoms with van der Waals surface area (Å²) in [6.45, 7) is 1.31. The smallest absolute Gasteiger partial charge is 0.156 e. The lowest BCUT2D eigenvalue weighted by Gasteiger charge is -2.10. The first-order valence-corrected chi connectivity index (χ1v) is 8.98. The Hall–Kier alpha value is -0.980. The van der Waals surface area contributed by atoms with E-state index in [0.29, 0.717) is 19.0 Å². The van der Waals surface area contributed by atoms with Gasteiger partial charge in [-0.15, -0.1) is 0 Å². The maximum absolute atomic E-state index is 9.34.